The van der Waals surface area contributed by atoms with Crippen molar-refractivity contribution >= 4 is 49.8 Å². The first-order valence-corrected chi connectivity index (χ1v) is 13.8. The molecule has 0 fully saturated rings. The standard InChI is InChI=1S/C46H31NO/c1-4-13-32(14-5-1)34-23-27-37(28-24-34)47(38-29-25-35(26-30-38)33-15-6-2-7-16-33)44-22-12-21-41-43-31-42(36-17-8-3-9-18-36)39-19-10-11-20-40(39)45(43)48-46(41)44/h1-31H/i1D,2D,3D,4D,5D,6D,7D,8D,9D,10D,11D,12D,13D,14D,15D,16D,17D,18D,19D,20D,21D,22D,23D,24D,25D,26D,27D,28D,29D,30D,31D. The minimum absolute atomic E-state index is 0.362. The predicted molar refractivity (Wildman–Crippen MR) is 202 cm³/mol. The second kappa shape index (κ2) is 11.8. The largest absolute Gasteiger partial charge is 0.453 e. The van der Waals surface area contributed by atoms with Crippen molar-refractivity contribution in [1.29, 1.82) is 0 Å². The van der Waals surface area contributed by atoms with Gasteiger partial charge in [-0.05, 0) is 75.0 Å². The lowest BCUT2D eigenvalue weighted by atomic mass is 9.95. The van der Waals surface area contributed by atoms with Crippen LogP contribution < -0.4 is 4.90 Å². The molecule has 0 spiro atoms. The quantitative estimate of drug-likeness (QED) is 0.179. The maximum atomic E-state index is 9.77. The van der Waals surface area contributed by atoms with Crippen LogP contribution in [0.25, 0.3) is 66.1 Å². The zero-order chi connectivity index (χ0) is 58.8. The lowest BCUT2D eigenvalue weighted by Crippen LogP contribution is -2.10. The summed E-state index contributed by atoms with van der Waals surface area (Å²) < 4.78 is 282. The summed E-state index contributed by atoms with van der Waals surface area (Å²) in [5.74, 6) is 0. The summed E-state index contributed by atoms with van der Waals surface area (Å²) in [5, 5.41) is -2.81. The fraction of sp³-hybridized carbons (Fsp3) is 0. The number of fused-ring (bicyclic) bond motifs is 5. The van der Waals surface area contributed by atoms with E-state index in [1.54, 1.807) is 0 Å². The molecule has 0 radical (unpaired) electrons. The van der Waals surface area contributed by atoms with Crippen LogP contribution in [-0.2, 0) is 0 Å². The molecule has 0 atom stereocenters. The van der Waals surface area contributed by atoms with E-state index in [9.17, 15) is 16.4 Å². The summed E-state index contributed by atoms with van der Waals surface area (Å²) in [6, 6.07) is -32.2. The second-order valence-electron chi connectivity index (χ2n) is 9.77. The predicted octanol–water partition coefficient (Wildman–Crippen LogP) is 13.2. The summed E-state index contributed by atoms with van der Waals surface area (Å²) in [4.78, 5) is 0.362. The average molecular weight is 645 g/mol. The van der Waals surface area contributed by atoms with E-state index in [1.807, 2.05) is 0 Å². The summed E-state index contributed by atoms with van der Waals surface area (Å²) in [5.41, 5.74) is -10.1. The van der Waals surface area contributed by atoms with E-state index in [1.165, 1.54) is 0 Å². The van der Waals surface area contributed by atoms with Crippen LogP contribution in [-0.4, -0.2) is 0 Å². The first kappa shape index (κ1) is 10.6. The molecule has 9 aromatic rings. The maximum absolute atomic E-state index is 9.77. The van der Waals surface area contributed by atoms with Gasteiger partial charge in [0.15, 0.2) is 5.58 Å². The van der Waals surface area contributed by atoms with Gasteiger partial charge in [-0.3, -0.25) is 0 Å². The molecular formula is C46H31NO. The number of benzene rings is 8. The van der Waals surface area contributed by atoms with Crippen LogP contribution >= 0.6 is 0 Å². The highest BCUT2D eigenvalue weighted by molar-refractivity contribution is 6.21. The van der Waals surface area contributed by atoms with Gasteiger partial charge < -0.3 is 9.32 Å². The topological polar surface area (TPSA) is 16.4 Å². The number of anilines is 3. The van der Waals surface area contributed by atoms with E-state index >= 15 is 0 Å². The van der Waals surface area contributed by atoms with Gasteiger partial charge in [0.2, 0.25) is 0 Å². The highest BCUT2D eigenvalue weighted by Crippen LogP contribution is 2.45. The van der Waals surface area contributed by atoms with Crippen LogP contribution in [0.5, 0.6) is 0 Å². The zero-order valence-electron chi connectivity index (χ0n) is 54.9. The lowest BCUT2D eigenvalue weighted by molar-refractivity contribution is 0.673. The Balaban J connectivity index is 1.56. The molecule has 0 saturated heterocycles. The third-order valence-corrected chi connectivity index (χ3v) is 7.05. The molecule has 0 aliphatic heterocycles. The molecule has 8 aromatic carbocycles. The molecule has 226 valence electrons. The Morgan fingerprint density at radius 2 is 0.792 bits per heavy atom. The van der Waals surface area contributed by atoms with Crippen molar-refractivity contribution in [3.63, 3.8) is 0 Å². The maximum Gasteiger partial charge on any atom is 0.159 e. The molecular weight excluding hydrogens is 583 g/mol. The number of rotatable bonds is 6. The van der Waals surface area contributed by atoms with Gasteiger partial charge in [0, 0.05) is 27.5 Å². The van der Waals surface area contributed by atoms with Gasteiger partial charge in [-0.2, -0.15) is 0 Å². The molecule has 9 rings (SSSR count). The van der Waals surface area contributed by atoms with Crippen LogP contribution in [0.2, 0.25) is 0 Å². The summed E-state index contributed by atoms with van der Waals surface area (Å²) in [7, 11) is 0. The lowest BCUT2D eigenvalue weighted by Gasteiger charge is -2.26. The molecule has 1 heterocycles. The third-order valence-electron chi connectivity index (χ3n) is 7.05. The van der Waals surface area contributed by atoms with Gasteiger partial charge in [-0.25, -0.2) is 0 Å². The monoisotopic (exact) mass is 644 g/mol. The van der Waals surface area contributed by atoms with Crippen molar-refractivity contribution in [2.45, 2.75) is 0 Å². The summed E-state index contributed by atoms with van der Waals surface area (Å²) in [6.45, 7) is 0. The van der Waals surface area contributed by atoms with Crippen LogP contribution in [0.1, 0.15) is 42.5 Å². The van der Waals surface area contributed by atoms with E-state index in [0.717, 1.165) is 0 Å². The normalized spacial score (nSPS) is 20.4. The molecule has 48 heavy (non-hydrogen) atoms. The van der Waals surface area contributed by atoms with Crippen molar-refractivity contribution in [1.82, 2.24) is 0 Å². The van der Waals surface area contributed by atoms with Gasteiger partial charge in [0.1, 0.15) is 5.58 Å². The molecule has 1 aromatic heterocycles. The molecule has 0 aliphatic carbocycles. The van der Waals surface area contributed by atoms with Crippen molar-refractivity contribution in [3.8, 4) is 33.4 Å². The van der Waals surface area contributed by atoms with Crippen molar-refractivity contribution in [2.24, 2.45) is 0 Å². The van der Waals surface area contributed by atoms with Crippen LogP contribution in [0.4, 0.5) is 17.1 Å². The number of nitrogens with zero attached hydrogens (tertiary/aromatic N) is 1. The molecule has 2 nitrogen and oxygen atoms in total. The van der Waals surface area contributed by atoms with Crippen LogP contribution in [0, 0.1) is 0 Å². The van der Waals surface area contributed by atoms with Crippen LogP contribution in [0.3, 0.4) is 0 Å². The first-order chi connectivity index (χ1) is 36.7. The van der Waals surface area contributed by atoms with Crippen molar-refractivity contribution < 1.29 is 46.9 Å². The molecule has 0 bridgehead atoms. The molecule has 0 saturated carbocycles. The number of furan rings is 1. The van der Waals surface area contributed by atoms with Gasteiger partial charge >= 0.3 is 0 Å². The molecule has 0 amide bonds. The van der Waals surface area contributed by atoms with E-state index in [0.29, 0.717) is 4.90 Å². The van der Waals surface area contributed by atoms with Crippen LogP contribution in [0.15, 0.2) is 192 Å². The van der Waals surface area contributed by atoms with E-state index in [-0.39, 0.29) is 0 Å². The molecule has 0 unspecified atom stereocenters. The Morgan fingerprint density at radius 1 is 0.354 bits per heavy atom. The molecule has 0 N–H and O–H groups in total. The van der Waals surface area contributed by atoms with Gasteiger partial charge in [0.25, 0.3) is 0 Å². The first-order valence-electron chi connectivity index (χ1n) is 29.3. The number of para-hydroxylation sites is 1. The van der Waals surface area contributed by atoms with E-state index < -0.39 is 270 Å². The Labute approximate surface area is 323 Å². The van der Waals surface area contributed by atoms with Gasteiger partial charge in [0.05, 0.1) is 48.2 Å². The third kappa shape index (κ3) is 4.83. The summed E-state index contributed by atoms with van der Waals surface area (Å²) in [6.07, 6.45) is 0. The van der Waals surface area contributed by atoms with Gasteiger partial charge in [-0.1, -0.05) is 151 Å². The van der Waals surface area contributed by atoms with E-state index in [2.05, 4.69) is 0 Å². The summed E-state index contributed by atoms with van der Waals surface area (Å²) >= 11 is 0. The Kier molecular flexibility index (Phi) is 2.59. The Bertz CT molecular complexity index is 4060. The molecule has 2 heteroatoms. The van der Waals surface area contributed by atoms with E-state index in [4.69, 9.17) is 30.5 Å². The Hall–Kier alpha value is -6.38. The highest BCUT2D eigenvalue weighted by atomic mass is 16.3. The molecule has 0 aliphatic rings. The number of hydrogen-bond donors (Lipinski definition) is 0. The number of hydrogen-bond acceptors (Lipinski definition) is 2. The minimum Gasteiger partial charge on any atom is -0.453 e. The fourth-order valence-electron chi connectivity index (χ4n) is 4.97. The second-order valence-corrected chi connectivity index (χ2v) is 9.77. The van der Waals surface area contributed by atoms with Gasteiger partial charge in [-0.15, -0.1) is 0 Å². The van der Waals surface area contributed by atoms with Crippen molar-refractivity contribution in [3.05, 3.63) is 187 Å². The SMILES string of the molecule is [2H]c1c([2H])c([2H])c(-c2c([2H])c([2H])c(N(c3c([2H])c([2H])c(-c4c([2H])c([2H])c([2H])c([2H])c4[2H])c([2H])c3[2H])c3c([2H])c([2H])c([2H])c4c3oc3c5c([2H])c([2H])c([2H])c([2H])c5c(-c5c([2H])c([2H])c([2H])c([2H])c5[2H])c([2H])c34)c([2H])c2[2H])c([2H])c1[2H]. The smallest absolute Gasteiger partial charge is 0.159 e. The van der Waals surface area contributed by atoms with Crippen molar-refractivity contribution in [2.75, 3.05) is 4.90 Å². The highest BCUT2D eigenvalue weighted by Gasteiger charge is 2.21. The minimum atomic E-state index is -1.27. The Morgan fingerprint density at radius 3 is 1.35 bits per heavy atom. The zero-order valence-corrected chi connectivity index (χ0v) is 23.9. The average Bonchev–Trinajstić information content (AvgIpc) is 3.43. The fourth-order valence-corrected chi connectivity index (χ4v) is 4.97.